The molecule has 2 aliphatic rings. The van der Waals surface area contributed by atoms with Crippen LogP contribution in [0.5, 0.6) is 0 Å². The summed E-state index contributed by atoms with van der Waals surface area (Å²) in [7, 11) is 0. The summed E-state index contributed by atoms with van der Waals surface area (Å²) in [5.41, 5.74) is 0. The van der Waals surface area contributed by atoms with E-state index in [2.05, 4.69) is 6.92 Å². The van der Waals surface area contributed by atoms with E-state index < -0.39 is 0 Å². The molecule has 2 saturated carbocycles. The third kappa shape index (κ3) is 7.29. The lowest BCUT2D eigenvalue weighted by molar-refractivity contribution is -0.117. The molecule has 0 amide bonds. The molecule has 2 aliphatic carbocycles. The highest BCUT2D eigenvalue weighted by atomic mass is 16.1. The Labute approximate surface area is 138 Å². The third-order valence-electron chi connectivity index (χ3n) is 6.03. The second-order valence-electron chi connectivity index (χ2n) is 8.25. The van der Waals surface area contributed by atoms with Crippen molar-refractivity contribution in [2.24, 2.45) is 23.7 Å². The predicted octanol–water partition coefficient (Wildman–Crippen LogP) is 6.55. The summed E-state index contributed by atoms with van der Waals surface area (Å²) in [5.74, 6) is 4.80. The second-order valence-corrected chi connectivity index (χ2v) is 8.25. The summed E-state index contributed by atoms with van der Waals surface area (Å²) < 4.78 is 0. The largest absolute Gasteiger partial charge is 0.300 e. The van der Waals surface area contributed by atoms with Gasteiger partial charge in [0.2, 0.25) is 0 Å². The number of unbranched alkanes of at least 4 members (excludes halogenated alkanes) is 6. The molecule has 0 aliphatic heterocycles. The second kappa shape index (κ2) is 9.73. The highest BCUT2D eigenvalue weighted by Gasteiger charge is 2.44. The number of Topliss-reactive ketones (excluding diaryl/α,β-unsaturated/α-hetero) is 1. The van der Waals surface area contributed by atoms with E-state index in [1.807, 2.05) is 0 Å². The van der Waals surface area contributed by atoms with Gasteiger partial charge in [-0.3, -0.25) is 0 Å². The van der Waals surface area contributed by atoms with Crippen LogP contribution in [0, 0.1) is 23.7 Å². The first-order chi connectivity index (χ1) is 10.7. The lowest BCUT2D eigenvalue weighted by Crippen LogP contribution is -1.91. The van der Waals surface area contributed by atoms with E-state index in [1.54, 1.807) is 26.2 Å². The first-order valence-corrected chi connectivity index (χ1v) is 10.2. The molecular formula is C21H38O. The normalized spacial score (nSPS) is 29.5. The van der Waals surface area contributed by atoms with Crippen molar-refractivity contribution in [1.82, 2.24) is 0 Å². The van der Waals surface area contributed by atoms with Crippen LogP contribution in [0.4, 0.5) is 0 Å². The summed E-state index contributed by atoms with van der Waals surface area (Å²) in [4.78, 5) is 10.9. The molecule has 2 rings (SSSR count). The maximum atomic E-state index is 10.9. The van der Waals surface area contributed by atoms with Crippen molar-refractivity contribution < 1.29 is 4.79 Å². The van der Waals surface area contributed by atoms with Gasteiger partial charge in [-0.05, 0) is 56.3 Å². The van der Waals surface area contributed by atoms with E-state index in [9.17, 15) is 4.79 Å². The summed E-state index contributed by atoms with van der Waals surface area (Å²) in [6, 6.07) is 0. The fraction of sp³-hybridized carbons (Fsp3) is 0.952. The van der Waals surface area contributed by atoms with Gasteiger partial charge in [-0.2, -0.15) is 0 Å². The van der Waals surface area contributed by atoms with E-state index >= 15 is 0 Å². The monoisotopic (exact) mass is 306 g/mol. The van der Waals surface area contributed by atoms with Gasteiger partial charge in [-0.15, -0.1) is 0 Å². The van der Waals surface area contributed by atoms with Crippen LogP contribution in [-0.2, 0) is 4.79 Å². The van der Waals surface area contributed by atoms with Gasteiger partial charge in [-0.1, -0.05) is 64.7 Å². The van der Waals surface area contributed by atoms with Crippen molar-refractivity contribution in [1.29, 1.82) is 0 Å². The molecule has 0 spiro atoms. The Morgan fingerprint density at radius 1 is 0.773 bits per heavy atom. The zero-order valence-corrected chi connectivity index (χ0v) is 15.1. The molecule has 0 heterocycles. The molecule has 0 aromatic heterocycles. The highest BCUT2D eigenvalue weighted by Crippen LogP contribution is 2.54. The Kier molecular flexibility index (Phi) is 7.97. The average Bonchev–Trinajstić information content (AvgIpc) is 3.38. The number of hydrogen-bond acceptors (Lipinski definition) is 1. The Morgan fingerprint density at radius 3 is 1.91 bits per heavy atom. The summed E-state index contributed by atoms with van der Waals surface area (Å²) in [5, 5.41) is 0. The molecular weight excluding hydrogens is 268 g/mol. The summed E-state index contributed by atoms with van der Waals surface area (Å²) >= 11 is 0. The van der Waals surface area contributed by atoms with Gasteiger partial charge in [0.1, 0.15) is 5.78 Å². The number of carbonyl (C=O) groups is 1. The molecule has 2 fully saturated rings. The van der Waals surface area contributed by atoms with Gasteiger partial charge in [0, 0.05) is 6.42 Å². The van der Waals surface area contributed by atoms with E-state index in [4.69, 9.17) is 0 Å². The maximum absolute atomic E-state index is 10.9. The van der Waals surface area contributed by atoms with Crippen LogP contribution < -0.4 is 0 Å². The molecule has 4 atom stereocenters. The predicted molar refractivity (Wildman–Crippen MR) is 95.0 cm³/mol. The molecule has 0 N–H and O–H groups in total. The van der Waals surface area contributed by atoms with Crippen molar-refractivity contribution in [2.45, 2.75) is 104 Å². The molecule has 0 saturated heterocycles. The Morgan fingerprint density at radius 2 is 1.32 bits per heavy atom. The van der Waals surface area contributed by atoms with Crippen molar-refractivity contribution in [3.8, 4) is 0 Å². The quantitative estimate of drug-likeness (QED) is 0.333. The molecule has 1 unspecified atom stereocenters. The van der Waals surface area contributed by atoms with Crippen LogP contribution in [0.3, 0.4) is 0 Å². The zero-order chi connectivity index (χ0) is 15.8. The fourth-order valence-electron chi connectivity index (χ4n) is 4.26. The van der Waals surface area contributed by atoms with Crippen LogP contribution in [0.1, 0.15) is 104 Å². The van der Waals surface area contributed by atoms with Gasteiger partial charge < -0.3 is 4.79 Å². The first-order valence-electron chi connectivity index (χ1n) is 10.2. The zero-order valence-electron chi connectivity index (χ0n) is 15.1. The Hall–Kier alpha value is -0.330. The lowest BCUT2D eigenvalue weighted by atomic mass is 10.0. The van der Waals surface area contributed by atoms with Crippen molar-refractivity contribution in [2.75, 3.05) is 0 Å². The van der Waals surface area contributed by atoms with Crippen LogP contribution in [-0.4, -0.2) is 5.78 Å². The highest BCUT2D eigenvalue weighted by molar-refractivity contribution is 5.75. The molecule has 0 bridgehead atoms. The number of hydrogen-bond donors (Lipinski definition) is 0. The average molecular weight is 307 g/mol. The van der Waals surface area contributed by atoms with Crippen LogP contribution in [0.15, 0.2) is 0 Å². The number of rotatable bonds is 14. The van der Waals surface area contributed by atoms with Crippen molar-refractivity contribution in [3.63, 3.8) is 0 Å². The standard InChI is InChI=1S/C21H38O/c1-3-4-8-12-18-14-20(18)16-21-15-19(21)13-10-7-5-6-9-11-17(2)22/h18-21H,3-16H2,1-2H3/t18-,19-,20?,21-/m1/s1. The van der Waals surface area contributed by atoms with E-state index in [-0.39, 0.29) is 0 Å². The molecule has 0 aromatic carbocycles. The minimum Gasteiger partial charge on any atom is -0.300 e. The smallest absolute Gasteiger partial charge is 0.129 e. The van der Waals surface area contributed by atoms with Gasteiger partial charge in [-0.25, -0.2) is 0 Å². The topological polar surface area (TPSA) is 17.1 Å². The molecule has 0 aromatic rings. The Balaban J connectivity index is 1.36. The fourth-order valence-corrected chi connectivity index (χ4v) is 4.26. The van der Waals surface area contributed by atoms with Crippen LogP contribution in [0.25, 0.3) is 0 Å². The molecule has 1 nitrogen and oxygen atoms in total. The van der Waals surface area contributed by atoms with Gasteiger partial charge in [0.15, 0.2) is 0 Å². The minimum absolute atomic E-state index is 0.355. The number of ketones is 1. The Bertz CT molecular complexity index is 322. The molecule has 0 radical (unpaired) electrons. The third-order valence-corrected chi connectivity index (χ3v) is 6.03. The summed E-state index contributed by atoms with van der Waals surface area (Å²) in [6.45, 7) is 4.02. The van der Waals surface area contributed by atoms with E-state index in [1.165, 1.54) is 57.8 Å². The van der Waals surface area contributed by atoms with Gasteiger partial charge in [0.25, 0.3) is 0 Å². The molecule has 1 heteroatoms. The lowest BCUT2D eigenvalue weighted by Gasteiger charge is -2.02. The minimum atomic E-state index is 0.355. The van der Waals surface area contributed by atoms with Gasteiger partial charge >= 0.3 is 0 Å². The first kappa shape index (κ1) is 18.0. The van der Waals surface area contributed by atoms with Crippen molar-refractivity contribution >= 4 is 5.78 Å². The van der Waals surface area contributed by atoms with Crippen molar-refractivity contribution in [3.05, 3.63) is 0 Å². The number of carbonyl (C=O) groups excluding carboxylic acids is 1. The van der Waals surface area contributed by atoms with Crippen LogP contribution >= 0.6 is 0 Å². The summed E-state index contributed by atoms with van der Waals surface area (Å²) in [6.07, 6.45) is 19.3. The van der Waals surface area contributed by atoms with Crippen LogP contribution in [0.2, 0.25) is 0 Å². The van der Waals surface area contributed by atoms with E-state index in [0.717, 1.165) is 36.5 Å². The maximum Gasteiger partial charge on any atom is 0.129 e. The SMILES string of the molecule is CCCCC[C@@H]1CC1C[C@H]1C[C@H]1CCCCCCCC(C)=O. The van der Waals surface area contributed by atoms with Gasteiger partial charge in [0.05, 0.1) is 0 Å². The molecule has 128 valence electrons. The molecule has 22 heavy (non-hydrogen) atoms. The van der Waals surface area contributed by atoms with E-state index in [0.29, 0.717) is 5.78 Å².